The molecular formula is C16H15ClFNO2. The van der Waals surface area contributed by atoms with Crippen LogP contribution in [0.5, 0.6) is 0 Å². The second-order valence-corrected chi connectivity index (χ2v) is 5.11. The number of benzene rings is 2. The summed E-state index contributed by atoms with van der Waals surface area (Å²) in [5, 5.41) is 9.19. The predicted molar refractivity (Wildman–Crippen MR) is 81.2 cm³/mol. The van der Waals surface area contributed by atoms with Gasteiger partial charge in [-0.05, 0) is 35.9 Å². The number of hydrogen-bond donors (Lipinski definition) is 1. The maximum Gasteiger partial charge on any atom is 0.305 e. The Morgan fingerprint density at radius 3 is 2.52 bits per heavy atom. The number of anilines is 1. The van der Waals surface area contributed by atoms with E-state index in [4.69, 9.17) is 16.7 Å². The fraction of sp³-hybridized carbons (Fsp3) is 0.188. The first-order valence-corrected chi connectivity index (χ1v) is 6.89. The first-order chi connectivity index (χ1) is 10.0. The van der Waals surface area contributed by atoms with Crippen LogP contribution >= 0.6 is 11.6 Å². The number of hydrogen-bond acceptors (Lipinski definition) is 2. The first-order valence-electron chi connectivity index (χ1n) is 6.51. The van der Waals surface area contributed by atoms with E-state index in [0.29, 0.717) is 23.7 Å². The molecule has 0 aliphatic rings. The summed E-state index contributed by atoms with van der Waals surface area (Å²) in [5.74, 6) is -1.27. The molecule has 0 saturated carbocycles. The SMILES string of the molecule is O=C(O)CCN(Cc1cc(F)cc(Cl)c1)c1ccccc1. The van der Waals surface area contributed by atoms with E-state index in [0.717, 1.165) is 5.69 Å². The molecule has 0 amide bonds. The quantitative estimate of drug-likeness (QED) is 0.878. The molecule has 2 aromatic rings. The van der Waals surface area contributed by atoms with Crippen molar-refractivity contribution in [3.8, 4) is 0 Å². The monoisotopic (exact) mass is 307 g/mol. The van der Waals surface area contributed by atoms with Gasteiger partial charge >= 0.3 is 5.97 Å². The summed E-state index contributed by atoms with van der Waals surface area (Å²) in [6.45, 7) is 0.738. The van der Waals surface area contributed by atoms with Gasteiger partial charge < -0.3 is 10.0 Å². The average molecular weight is 308 g/mol. The van der Waals surface area contributed by atoms with Gasteiger partial charge in [0.05, 0.1) is 6.42 Å². The fourth-order valence-electron chi connectivity index (χ4n) is 2.09. The molecule has 1 N–H and O–H groups in total. The molecule has 5 heteroatoms. The van der Waals surface area contributed by atoms with Crippen molar-refractivity contribution >= 4 is 23.3 Å². The average Bonchev–Trinajstić information content (AvgIpc) is 2.43. The molecule has 0 heterocycles. The lowest BCUT2D eigenvalue weighted by Crippen LogP contribution is -2.25. The van der Waals surface area contributed by atoms with Crippen LogP contribution in [0.2, 0.25) is 5.02 Å². The number of carboxylic acid groups (broad SMARTS) is 1. The lowest BCUT2D eigenvalue weighted by molar-refractivity contribution is -0.136. The van der Waals surface area contributed by atoms with E-state index >= 15 is 0 Å². The molecule has 0 aromatic heterocycles. The van der Waals surface area contributed by atoms with Crippen molar-refractivity contribution in [2.24, 2.45) is 0 Å². The summed E-state index contributed by atoms with van der Waals surface area (Å²) in [4.78, 5) is 12.7. The number of carboxylic acids is 1. The van der Waals surface area contributed by atoms with Gasteiger partial charge in [0.15, 0.2) is 0 Å². The van der Waals surface area contributed by atoms with Crippen LogP contribution in [0.4, 0.5) is 10.1 Å². The Kier molecular flexibility index (Phi) is 5.17. The first kappa shape index (κ1) is 15.3. The Morgan fingerprint density at radius 2 is 1.90 bits per heavy atom. The minimum Gasteiger partial charge on any atom is -0.481 e. The highest BCUT2D eigenvalue weighted by molar-refractivity contribution is 6.30. The molecule has 0 atom stereocenters. The van der Waals surface area contributed by atoms with Crippen LogP contribution < -0.4 is 4.90 Å². The molecule has 110 valence electrons. The molecule has 0 unspecified atom stereocenters. The molecule has 3 nitrogen and oxygen atoms in total. The maximum atomic E-state index is 13.4. The van der Waals surface area contributed by atoms with Crippen LogP contribution in [-0.2, 0) is 11.3 Å². The summed E-state index contributed by atoms with van der Waals surface area (Å²) >= 11 is 5.85. The minimum atomic E-state index is -0.867. The van der Waals surface area contributed by atoms with Crippen LogP contribution in [-0.4, -0.2) is 17.6 Å². The van der Waals surface area contributed by atoms with Crippen molar-refractivity contribution in [3.63, 3.8) is 0 Å². The van der Waals surface area contributed by atoms with Crippen LogP contribution in [0.15, 0.2) is 48.5 Å². The lowest BCUT2D eigenvalue weighted by atomic mass is 10.1. The summed E-state index contributed by atoms with van der Waals surface area (Å²) < 4.78 is 13.4. The van der Waals surface area contributed by atoms with Gasteiger partial charge in [0.25, 0.3) is 0 Å². The van der Waals surface area contributed by atoms with Gasteiger partial charge in [-0.15, -0.1) is 0 Å². The molecule has 0 saturated heterocycles. The molecule has 0 fully saturated rings. The van der Waals surface area contributed by atoms with Gasteiger partial charge in [-0.1, -0.05) is 29.8 Å². The molecule has 0 radical (unpaired) electrons. The third-order valence-corrected chi connectivity index (χ3v) is 3.23. The molecule has 0 spiro atoms. The van der Waals surface area contributed by atoms with Crippen molar-refractivity contribution < 1.29 is 14.3 Å². The number of carbonyl (C=O) groups is 1. The molecule has 2 rings (SSSR count). The Labute approximate surface area is 127 Å². The fourth-order valence-corrected chi connectivity index (χ4v) is 2.34. The van der Waals surface area contributed by atoms with Gasteiger partial charge in [0, 0.05) is 23.8 Å². The van der Waals surface area contributed by atoms with Gasteiger partial charge in [-0.25, -0.2) is 4.39 Å². The normalized spacial score (nSPS) is 10.4. The Bertz CT molecular complexity index is 599. The van der Waals surface area contributed by atoms with Crippen LogP contribution in [0, 0.1) is 5.82 Å². The largest absolute Gasteiger partial charge is 0.481 e. The van der Waals surface area contributed by atoms with Crippen molar-refractivity contribution in [3.05, 3.63) is 64.9 Å². The van der Waals surface area contributed by atoms with Crippen molar-refractivity contribution in [2.45, 2.75) is 13.0 Å². The van der Waals surface area contributed by atoms with E-state index in [-0.39, 0.29) is 6.42 Å². The molecule has 21 heavy (non-hydrogen) atoms. The minimum absolute atomic E-state index is 0.0118. The Hall–Kier alpha value is -2.07. The zero-order valence-electron chi connectivity index (χ0n) is 11.3. The molecule has 2 aromatic carbocycles. The topological polar surface area (TPSA) is 40.5 Å². The number of para-hydroxylation sites is 1. The predicted octanol–water partition coefficient (Wildman–Crippen LogP) is 3.96. The van der Waals surface area contributed by atoms with Gasteiger partial charge in [-0.2, -0.15) is 0 Å². The van der Waals surface area contributed by atoms with Gasteiger partial charge in [-0.3, -0.25) is 4.79 Å². The van der Waals surface area contributed by atoms with E-state index in [2.05, 4.69) is 0 Å². The third kappa shape index (κ3) is 4.76. The lowest BCUT2D eigenvalue weighted by Gasteiger charge is -2.24. The molecule has 0 aliphatic carbocycles. The van der Waals surface area contributed by atoms with Crippen LogP contribution in [0.25, 0.3) is 0 Å². The molecular weight excluding hydrogens is 293 g/mol. The van der Waals surface area contributed by atoms with E-state index in [1.807, 2.05) is 35.2 Å². The van der Waals surface area contributed by atoms with E-state index in [9.17, 15) is 9.18 Å². The maximum absolute atomic E-state index is 13.4. The van der Waals surface area contributed by atoms with Crippen LogP contribution in [0.3, 0.4) is 0 Å². The highest BCUT2D eigenvalue weighted by Gasteiger charge is 2.10. The number of halogens is 2. The second kappa shape index (κ2) is 7.09. The summed E-state index contributed by atoms with van der Waals surface area (Å²) in [7, 11) is 0. The van der Waals surface area contributed by atoms with Crippen molar-refractivity contribution in [1.29, 1.82) is 0 Å². The molecule has 0 aliphatic heterocycles. The Morgan fingerprint density at radius 1 is 1.19 bits per heavy atom. The second-order valence-electron chi connectivity index (χ2n) is 4.68. The number of nitrogens with zero attached hydrogens (tertiary/aromatic N) is 1. The smallest absolute Gasteiger partial charge is 0.305 e. The summed E-state index contributed by atoms with van der Waals surface area (Å²) in [6.07, 6.45) is 0.0118. The standard InChI is InChI=1S/C16H15ClFNO2/c17-13-8-12(9-14(18)10-13)11-19(7-6-16(20)21)15-4-2-1-3-5-15/h1-5,8-10H,6-7,11H2,(H,20,21). The number of aliphatic carboxylic acids is 1. The van der Waals surface area contributed by atoms with Crippen molar-refractivity contribution in [2.75, 3.05) is 11.4 Å². The summed E-state index contributed by atoms with van der Waals surface area (Å²) in [5.41, 5.74) is 1.59. The van der Waals surface area contributed by atoms with E-state index in [1.54, 1.807) is 6.07 Å². The highest BCUT2D eigenvalue weighted by Crippen LogP contribution is 2.20. The highest BCUT2D eigenvalue weighted by atomic mass is 35.5. The van der Waals surface area contributed by atoms with Crippen LogP contribution in [0.1, 0.15) is 12.0 Å². The Balaban J connectivity index is 2.20. The van der Waals surface area contributed by atoms with E-state index in [1.165, 1.54) is 12.1 Å². The van der Waals surface area contributed by atoms with E-state index < -0.39 is 11.8 Å². The zero-order chi connectivity index (χ0) is 15.2. The van der Waals surface area contributed by atoms with Crippen molar-refractivity contribution in [1.82, 2.24) is 0 Å². The third-order valence-electron chi connectivity index (χ3n) is 3.01. The number of rotatable bonds is 6. The summed E-state index contributed by atoms with van der Waals surface area (Å²) in [6, 6.07) is 13.8. The zero-order valence-corrected chi connectivity index (χ0v) is 12.1. The molecule has 0 bridgehead atoms. The van der Waals surface area contributed by atoms with Gasteiger partial charge in [0.2, 0.25) is 0 Å². The van der Waals surface area contributed by atoms with Gasteiger partial charge in [0.1, 0.15) is 5.82 Å².